The summed E-state index contributed by atoms with van der Waals surface area (Å²) in [5.74, 6) is -0.0914. The SMILES string of the molecule is CO[C@@H]1CS(=O)(=O)C[C@H]1NC(=O)c1cnc(C)nc1-c1ccccc1. The van der Waals surface area contributed by atoms with E-state index in [0.29, 0.717) is 17.1 Å². The minimum Gasteiger partial charge on any atom is -0.378 e. The highest BCUT2D eigenvalue weighted by Gasteiger charge is 2.39. The minimum absolute atomic E-state index is 0.0929. The third-order valence-corrected chi connectivity index (χ3v) is 5.82. The van der Waals surface area contributed by atoms with Crippen LogP contribution in [0.25, 0.3) is 11.3 Å². The molecule has 2 atom stereocenters. The maximum absolute atomic E-state index is 12.7. The van der Waals surface area contributed by atoms with Gasteiger partial charge in [-0.15, -0.1) is 0 Å². The monoisotopic (exact) mass is 361 g/mol. The van der Waals surface area contributed by atoms with Gasteiger partial charge in [-0.1, -0.05) is 30.3 Å². The van der Waals surface area contributed by atoms with Crippen molar-refractivity contribution < 1.29 is 17.9 Å². The second-order valence-electron chi connectivity index (χ2n) is 5.98. The van der Waals surface area contributed by atoms with E-state index in [9.17, 15) is 13.2 Å². The lowest BCUT2D eigenvalue weighted by molar-refractivity contribution is 0.0786. The molecular formula is C17H19N3O4S. The predicted octanol–water partition coefficient (Wildman–Crippen LogP) is 0.994. The summed E-state index contributed by atoms with van der Waals surface area (Å²) < 4.78 is 28.8. The van der Waals surface area contributed by atoms with Crippen molar-refractivity contribution in [3.8, 4) is 11.3 Å². The lowest BCUT2D eigenvalue weighted by atomic mass is 10.1. The fraction of sp³-hybridized carbons (Fsp3) is 0.353. The number of aryl methyl sites for hydroxylation is 1. The zero-order valence-electron chi connectivity index (χ0n) is 14.0. The first-order valence-electron chi connectivity index (χ1n) is 7.83. The summed E-state index contributed by atoms with van der Waals surface area (Å²) in [6, 6.07) is 8.72. The van der Waals surface area contributed by atoms with Crippen LogP contribution in [0.1, 0.15) is 16.2 Å². The van der Waals surface area contributed by atoms with Crippen molar-refractivity contribution >= 4 is 15.7 Å². The molecule has 0 bridgehead atoms. The Morgan fingerprint density at radius 2 is 1.96 bits per heavy atom. The van der Waals surface area contributed by atoms with Crippen molar-refractivity contribution in [1.29, 1.82) is 0 Å². The average Bonchev–Trinajstić information content (AvgIpc) is 2.89. The molecule has 1 N–H and O–H groups in total. The molecule has 0 saturated carbocycles. The third-order valence-electron chi connectivity index (χ3n) is 4.12. The third kappa shape index (κ3) is 3.85. The molecule has 25 heavy (non-hydrogen) atoms. The molecule has 7 nitrogen and oxygen atoms in total. The lowest BCUT2D eigenvalue weighted by Crippen LogP contribution is -2.43. The number of ether oxygens (including phenoxy) is 1. The molecule has 3 rings (SSSR count). The Kier molecular flexibility index (Phi) is 4.82. The van der Waals surface area contributed by atoms with E-state index in [1.165, 1.54) is 13.3 Å². The summed E-state index contributed by atoms with van der Waals surface area (Å²) in [6.45, 7) is 1.75. The molecule has 1 aromatic heterocycles. The highest BCUT2D eigenvalue weighted by molar-refractivity contribution is 7.91. The fourth-order valence-corrected chi connectivity index (χ4v) is 4.73. The number of rotatable bonds is 4. The highest BCUT2D eigenvalue weighted by Crippen LogP contribution is 2.22. The smallest absolute Gasteiger partial charge is 0.255 e. The number of nitrogens with one attached hydrogen (secondary N) is 1. The predicted molar refractivity (Wildman–Crippen MR) is 92.9 cm³/mol. The zero-order chi connectivity index (χ0) is 18.0. The van der Waals surface area contributed by atoms with Crippen molar-refractivity contribution in [3.63, 3.8) is 0 Å². The lowest BCUT2D eigenvalue weighted by Gasteiger charge is -2.18. The van der Waals surface area contributed by atoms with Gasteiger partial charge in [0.15, 0.2) is 9.84 Å². The quantitative estimate of drug-likeness (QED) is 0.872. The molecule has 0 spiro atoms. The van der Waals surface area contributed by atoms with Gasteiger partial charge >= 0.3 is 0 Å². The molecule has 1 amide bonds. The van der Waals surface area contributed by atoms with Gasteiger partial charge in [0.25, 0.3) is 5.91 Å². The van der Waals surface area contributed by atoms with E-state index >= 15 is 0 Å². The molecule has 1 aliphatic heterocycles. The molecule has 0 aliphatic carbocycles. The Morgan fingerprint density at radius 1 is 1.24 bits per heavy atom. The summed E-state index contributed by atoms with van der Waals surface area (Å²) >= 11 is 0. The summed E-state index contributed by atoms with van der Waals surface area (Å²) in [7, 11) is -1.78. The second kappa shape index (κ2) is 6.89. The molecule has 1 aliphatic rings. The van der Waals surface area contributed by atoms with Crippen molar-refractivity contribution in [2.45, 2.75) is 19.1 Å². The van der Waals surface area contributed by atoms with Gasteiger partial charge in [-0.2, -0.15) is 0 Å². The van der Waals surface area contributed by atoms with Gasteiger partial charge in [0.05, 0.1) is 34.9 Å². The van der Waals surface area contributed by atoms with Gasteiger partial charge < -0.3 is 10.1 Å². The van der Waals surface area contributed by atoms with Crippen molar-refractivity contribution in [2.24, 2.45) is 0 Å². The number of carbonyl (C=O) groups excluding carboxylic acids is 1. The molecule has 1 aromatic carbocycles. The van der Waals surface area contributed by atoms with Gasteiger partial charge in [0.1, 0.15) is 5.82 Å². The Labute approximate surface area is 146 Å². The van der Waals surface area contributed by atoms with Crippen LogP contribution in [-0.2, 0) is 14.6 Å². The summed E-state index contributed by atoms with van der Waals surface area (Å²) in [5.41, 5.74) is 1.61. The molecule has 1 saturated heterocycles. The number of methoxy groups -OCH3 is 1. The van der Waals surface area contributed by atoms with Gasteiger partial charge in [0, 0.05) is 18.9 Å². The van der Waals surface area contributed by atoms with Crippen LogP contribution < -0.4 is 5.32 Å². The number of benzene rings is 1. The van der Waals surface area contributed by atoms with Gasteiger partial charge in [-0.3, -0.25) is 4.79 Å². The van der Waals surface area contributed by atoms with Crippen LogP contribution in [-0.4, -0.2) is 55.1 Å². The topological polar surface area (TPSA) is 98.2 Å². The van der Waals surface area contributed by atoms with Crippen molar-refractivity contribution in [2.75, 3.05) is 18.6 Å². The number of carbonyl (C=O) groups is 1. The van der Waals surface area contributed by atoms with Crippen LogP contribution in [0.2, 0.25) is 0 Å². The minimum atomic E-state index is -3.22. The maximum Gasteiger partial charge on any atom is 0.255 e. The van der Waals surface area contributed by atoms with E-state index in [-0.39, 0.29) is 11.5 Å². The molecular weight excluding hydrogens is 342 g/mol. The first kappa shape index (κ1) is 17.5. The average molecular weight is 361 g/mol. The first-order chi connectivity index (χ1) is 11.9. The largest absolute Gasteiger partial charge is 0.378 e. The molecule has 1 fully saturated rings. The Hall–Kier alpha value is -2.32. The van der Waals surface area contributed by atoms with E-state index < -0.39 is 27.9 Å². The molecule has 2 aromatic rings. The molecule has 2 heterocycles. The van der Waals surface area contributed by atoms with E-state index in [2.05, 4.69) is 15.3 Å². The van der Waals surface area contributed by atoms with E-state index in [4.69, 9.17) is 4.74 Å². The maximum atomic E-state index is 12.7. The zero-order valence-corrected chi connectivity index (χ0v) is 14.8. The number of hydrogen-bond donors (Lipinski definition) is 1. The van der Waals surface area contributed by atoms with Crippen molar-refractivity contribution in [3.05, 3.63) is 47.9 Å². The number of hydrogen-bond acceptors (Lipinski definition) is 6. The van der Waals surface area contributed by atoms with E-state index in [1.54, 1.807) is 6.92 Å². The number of aromatic nitrogens is 2. The normalized spacial score (nSPS) is 21.8. The summed E-state index contributed by atoms with van der Waals surface area (Å²) in [6.07, 6.45) is 0.908. The van der Waals surface area contributed by atoms with E-state index in [0.717, 1.165) is 5.56 Å². The molecule has 0 radical (unpaired) electrons. The van der Waals surface area contributed by atoms with Crippen LogP contribution in [0.4, 0.5) is 0 Å². The standard InChI is InChI=1S/C17H19N3O4S/c1-11-18-8-13(16(19-11)12-6-4-3-5-7-12)17(21)20-14-9-25(22,23)10-15(14)24-2/h3-8,14-15H,9-10H2,1-2H3,(H,20,21)/t14-,15-/m1/s1. The Bertz CT molecular complexity index is 884. The summed E-state index contributed by atoms with van der Waals surface area (Å²) in [4.78, 5) is 21.2. The Morgan fingerprint density at radius 3 is 2.64 bits per heavy atom. The van der Waals surface area contributed by atoms with Crippen LogP contribution in [0.5, 0.6) is 0 Å². The number of nitrogens with zero attached hydrogens (tertiary/aromatic N) is 2. The summed E-state index contributed by atoms with van der Waals surface area (Å²) in [5, 5.41) is 2.76. The highest BCUT2D eigenvalue weighted by atomic mass is 32.2. The fourth-order valence-electron chi connectivity index (χ4n) is 2.88. The van der Waals surface area contributed by atoms with Crippen LogP contribution in [0.15, 0.2) is 36.5 Å². The number of amides is 1. The van der Waals surface area contributed by atoms with Gasteiger partial charge in [-0.05, 0) is 6.92 Å². The Balaban J connectivity index is 1.91. The number of sulfone groups is 1. The van der Waals surface area contributed by atoms with Crippen LogP contribution >= 0.6 is 0 Å². The van der Waals surface area contributed by atoms with Crippen molar-refractivity contribution in [1.82, 2.24) is 15.3 Å². The second-order valence-corrected chi connectivity index (χ2v) is 8.13. The van der Waals surface area contributed by atoms with Gasteiger partial charge in [-0.25, -0.2) is 18.4 Å². The first-order valence-corrected chi connectivity index (χ1v) is 9.65. The van der Waals surface area contributed by atoms with Gasteiger partial charge in [0.2, 0.25) is 0 Å². The van der Waals surface area contributed by atoms with E-state index in [1.807, 2.05) is 30.3 Å². The van der Waals surface area contributed by atoms with Crippen LogP contribution in [0, 0.1) is 6.92 Å². The molecule has 8 heteroatoms. The molecule has 132 valence electrons. The molecule has 0 unspecified atom stereocenters. The van der Waals surface area contributed by atoms with Crippen LogP contribution in [0.3, 0.4) is 0 Å².